The summed E-state index contributed by atoms with van der Waals surface area (Å²) in [6, 6.07) is 26.7. The van der Waals surface area contributed by atoms with Crippen LogP contribution in [-0.2, 0) is 4.79 Å². The number of hydrogen-bond donors (Lipinski definition) is 1. The minimum Gasteiger partial charge on any atom is -0.343 e. The molecule has 0 radical (unpaired) electrons. The topological polar surface area (TPSA) is 49.4 Å². The van der Waals surface area contributed by atoms with Crippen molar-refractivity contribution in [3.8, 4) is 0 Å². The molecule has 5 heteroatoms. The summed E-state index contributed by atoms with van der Waals surface area (Å²) in [4.78, 5) is 28.7. The van der Waals surface area contributed by atoms with Gasteiger partial charge in [-0.3, -0.25) is 9.59 Å². The number of hydrogen-bond acceptors (Lipinski definition) is 3. The van der Waals surface area contributed by atoms with Gasteiger partial charge in [0.25, 0.3) is 5.91 Å². The molecule has 1 aliphatic rings. The second-order valence-corrected chi connectivity index (χ2v) is 9.26. The quantitative estimate of drug-likeness (QED) is 0.569. The molecule has 3 aromatic carbocycles. The summed E-state index contributed by atoms with van der Waals surface area (Å²) in [7, 11) is 0. The number of nitrogens with zero attached hydrogens (tertiary/aromatic N) is 1. The smallest absolute Gasteiger partial charge is 0.255 e. The maximum absolute atomic E-state index is 13.5. The second-order valence-electron chi connectivity index (χ2n) is 8.05. The van der Waals surface area contributed by atoms with E-state index in [-0.39, 0.29) is 23.2 Å². The molecule has 0 aliphatic carbocycles. The van der Waals surface area contributed by atoms with E-state index in [9.17, 15) is 9.59 Å². The molecule has 1 fully saturated rings. The summed E-state index contributed by atoms with van der Waals surface area (Å²) in [6.45, 7) is 4.06. The van der Waals surface area contributed by atoms with Crippen LogP contribution in [0.4, 0.5) is 0 Å². The van der Waals surface area contributed by atoms with Crippen LogP contribution in [0.2, 0.25) is 0 Å². The van der Waals surface area contributed by atoms with Crippen molar-refractivity contribution in [2.75, 3.05) is 5.75 Å². The van der Waals surface area contributed by atoms with Crippen LogP contribution >= 0.6 is 11.8 Å². The highest BCUT2D eigenvalue weighted by Crippen LogP contribution is 2.33. The molecule has 0 spiro atoms. The van der Waals surface area contributed by atoms with Crippen molar-refractivity contribution in [1.82, 2.24) is 10.2 Å². The molecule has 1 aliphatic heterocycles. The molecule has 3 aromatic rings. The maximum atomic E-state index is 13.5. The Bertz CT molecular complexity index is 1010. The lowest BCUT2D eigenvalue weighted by atomic mass is 9.98. The molecule has 4 rings (SSSR count). The minimum absolute atomic E-state index is 0.00791. The highest BCUT2D eigenvalue weighted by molar-refractivity contribution is 8.00. The van der Waals surface area contributed by atoms with Crippen LogP contribution in [0.25, 0.3) is 0 Å². The Labute approximate surface area is 194 Å². The number of benzene rings is 3. The summed E-state index contributed by atoms with van der Waals surface area (Å²) < 4.78 is 0. The molecule has 0 bridgehead atoms. The molecular weight excluding hydrogens is 416 g/mol. The first-order chi connectivity index (χ1) is 15.6. The van der Waals surface area contributed by atoms with Crippen molar-refractivity contribution < 1.29 is 9.59 Å². The highest BCUT2D eigenvalue weighted by atomic mass is 32.2. The highest BCUT2D eigenvalue weighted by Gasteiger charge is 2.41. The molecule has 2 atom stereocenters. The summed E-state index contributed by atoms with van der Waals surface area (Å²) in [5, 5.41) is 3.23. The van der Waals surface area contributed by atoms with Gasteiger partial charge in [-0.25, -0.2) is 0 Å². The van der Waals surface area contributed by atoms with Crippen LogP contribution < -0.4 is 5.32 Å². The van der Waals surface area contributed by atoms with Crippen LogP contribution in [0.1, 0.15) is 46.4 Å². The number of carbonyl (C=O) groups is 2. The fourth-order valence-electron chi connectivity index (χ4n) is 4.09. The molecule has 1 saturated heterocycles. The van der Waals surface area contributed by atoms with Crippen molar-refractivity contribution in [2.45, 2.75) is 37.7 Å². The van der Waals surface area contributed by atoms with Gasteiger partial charge in [0, 0.05) is 11.3 Å². The Morgan fingerprint density at radius 3 is 2.03 bits per heavy atom. The van der Waals surface area contributed by atoms with Crippen molar-refractivity contribution in [2.24, 2.45) is 0 Å². The normalized spacial score (nSPS) is 18.0. The van der Waals surface area contributed by atoms with E-state index in [1.54, 1.807) is 16.7 Å². The largest absolute Gasteiger partial charge is 0.343 e. The fourth-order valence-corrected chi connectivity index (χ4v) is 5.44. The van der Waals surface area contributed by atoms with Crippen molar-refractivity contribution >= 4 is 23.6 Å². The van der Waals surface area contributed by atoms with Gasteiger partial charge in [-0.15, -0.1) is 11.8 Å². The standard InChI is InChI=1S/C27H28N2O2S/c1-3-24-29(27(31)22-16-14-19(2)15-17-22)23(18-32-24)26(30)28-25(20-10-6-4-7-11-20)21-12-8-5-9-13-21/h4-17,23-25H,3,18H2,1-2H3,(H,28,30). The number of amides is 2. The molecule has 0 aromatic heterocycles. The Hall–Kier alpha value is -3.05. The van der Waals surface area contributed by atoms with E-state index in [4.69, 9.17) is 0 Å². The number of aryl methyl sites for hydroxylation is 1. The predicted octanol–water partition coefficient (Wildman–Crippen LogP) is 5.19. The average molecular weight is 445 g/mol. The fraction of sp³-hybridized carbons (Fsp3) is 0.259. The van der Waals surface area contributed by atoms with Gasteiger partial charge >= 0.3 is 0 Å². The van der Waals surface area contributed by atoms with Gasteiger partial charge in [-0.05, 0) is 36.6 Å². The van der Waals surface area contributed by atoms with Crippen molar-refractivity contribution in [1.29, 1.82) is 0 Å². The second kappa shape index (κ2) is 10.0. The lowest BCUT2D eigenvalue weighted by Crippen LogP contribution is -2.50. The zero-order valence-corrected chi connectivity index (χ0v) is 19.2. The predicted molar refractivity (Wildman–Crippen MR) is 131 cm³/mol. The number of carbonyl (C=O) groups excluding carboxylic acids is 2. The van der Waals surface area contributed by atoms with E-state index in [2.05, 4.69) is 12.2 Å². The molecule has 2 unspecified atom stereocenters. The summed E-state index contributed by atoms with van der Waals surface area (Å²) >= 11 is 1.68. The first-order valence-corrected chi connectivity index (χ1v) is 12.0. The molecular formula is C27H28N2O2S. The van der Waals surface area contributed by atoms with Crippen molar-refractivity contribution in [3.63, 3.8) is 0 Å². The van der Waals surface area contributed by atoms with Gasteiger partial charge in [0.2, 0.25) is 5.91 Å². The van der Waals surface area contributed by atoms with Crippen LogP contribution in [0, 0.1) is 6.92 Å². The van der Waals surface area contributed by atoms with Gasteiger partial charge in [-0.2, -0.15) is 0 Å². The number of rotatable bonds is 6. The van der Waals surface area contributed by atoms with E-state index in [1.807, 2.05) is 91.9 Å². The Morgan fingerprint density at radius 2 is 1.50 bits per heavy atom. The molecule has 2 amide bonds. The minimum atomic E-state index is -0.506. The van der Waals surface area contributed by atoms with Crippen LogP contribution in [0.5, 0.6) is 0 Å². The third-order valence-corrected chi connectivity index (χ3v) is 7.28. The molecule has 1 N–H and O–H groups in total. The van der Waals surface area contributed by atoms with Crippen LogP contribution in [0.3, 0.4) is 0 Å². The van der Waals surface area contributed by atoms with Gasteiger partial charge in [-0.1, -0.05) is 85.3 Å². The maximum Gasteiger partial charge on any atom is 0.255 e. The van der Waals surface area contributed by atoms with Crippen LogP contribution in [-0.4, -0.2) is 33.9 Å². The van der Waals surface area contributed by atoms with Gasteiger partial charge in [0.1, 0.15) is 6.04 Å². The third-order valence-electron chi connectivity index (χ3n) is 5.83. The van der Waals surface area contributed by atoms with Gasteiger partial charge < -0.3 is 10.2 Å². The summed E-state index contributed by atoms with van der Waals surface area (Å²) in [5.74, 6) is 0.391. The van der Waals surface area contributed by atoms with Crippen molar-refractivity contribution in [3.05, 3.63) is 107 Å². The third kappa shape index (κ3) is 4.73. The Morgan fingerprint density at radius 1 is 0.938 bits per heavy atom. The molecule has 4 nitrogen and oxygen atoms in total. The van der Waals surface area contributed by atoms with E-state index in [1.165, 1.54) is 0 Å². The van der Waals surface area contributed by atoms with Crippen LogP contribution in [0.15, 0.2) is 84.9 Å². The van der Waals surface area contributed by atoms with E-state index < -0.39 is 6.04 Å². The van der Waals surface area contributed by atoms with E-state index >= 15 is 0 Å². The average Bonchev–Trinajstić information content (AvgIpc) is 3.28. The van der Waals surface area contributed by atoms with E-state index in [0.29, 0.717) is 11.3 Å². The molecule has 1 heterocycles. The Kier molecular flexibility index (Phi) is 6.96. The molecule has 0 saturated carbocycles. The van der Waals surface area contributed by atoms with Gasteiger partial charge in [0.15, 0.2) is 0 Å². The summed E-state index contributed by atoms with van der Waals surface area (Å²) in [5.41, 5.74) is 3.76. The first-order valence-electron chi connectivity index (χ1n) is 11.0. The molecule has 32 heavy (non-hydrogen) atoms. The Balaban J connectivity index is 1.61. The monoisotopic (exact) mass is 444 g/mol. The van der Waals surface area contributed by atoms with Gasteiger partial charge in [0.05, 0.1) is 11.4 Å². The molecule has 164 valence electrons. The number of nitrogens with one attached hydrogen (secondary N) is 1. The lowest BCUT2D eigenvalue weighted by molar-refractivity contribution is -0.125. The van der Waals surface area contributed by atoms with E-state index in [0.717, 1.165) is 23.1 Å². The number of thioether (sulfide) groups is 1. The zero-order chi connectivity index (χ0) is 22.5. The zero-order valence-electron chi connectivity index (χ0n) is 18.4. The lowest BCUT2D eigenvalue weighted by Gasteiger charge is -2.30. The first kappa shape index (κ1) is 22.2. The SMILES string of the molecule is CCC1SCC(C(=O)NC(c2ccccc2)c2ccccc2)N1C(=O)c1ccc(C)cc1. The summed E-state index contributed by atoms with van der Waals surface area (Å²) in [6.07, 6.45) is 0.798.